The van der Waals surface area contributed by atoms with Crippen molar-refractivity contribution >= 4 is 47.1 Å². The average Bonchev–Trinajstić information content (AvgIpc) is 3.16. The summed E-state index contributed by atoms with van der Waals surface area (Å²) in [5.74, 6) is -8.21. The van der Waals surface area contributed by atoms with Crippen LogP contribution < -0.4 is 16.0 Å². The number of carbonyl (C=O) groups excluding carboxylic acids is 8. The van der Waals surface area contributed by atoms with E-state index in [2.05, 4.69) is 16.0 Å². The summed E-state index contributed by atoms with van der Waals surface area (Å²) >= 11 is 0. The predicted octanol–water partition coefficient (Wildman–Crippen LogP) is 3.34. The number of likely N-dealkylation sites (N-methyl/N-ethyl adjacent to an activating group) is 1. The molecule has 0 aliphatic carbocycles. The maximum absolute atomic E-state index is 14.7. The maximum atomic E-state index is 14.7. The number of piperidine rings is 1. The minimum absolute atomic E-state index is 0.0420. The van der Waals surface area contributed by atoms with E-state index in [0.29, 0.717) is 5.56 Å². The molecule has 2 aliphatic rings. The third-order valence-electron chi connectivity index (χ3n) is 11.5. The number of carbonyl (C=O) groups is 8. The molecule has 2 aliphatic heterocycles. The van der Waals surface area contributed by atoms with Crippen LogP contribution in [-0.4, -0.2) is 112 Å². The van der Waals surface area contributed by atoms with Gasteiger partial charge in [-0.25, -0.2) is 4.79 Å². The van der Waals surface area contributed by atoms with Gasteiger partial charge in [-0.15, -0.1) is 0 Å². The highest BCUT2D eigenvalue weighted by Crippen LogP contribution is 2.31. The van der Waals surface area contributed by atoms with Gasteiger partial charge in [0.15, 0.2) is 11.6 Å². The number of ketones is 2. The van der Waals surface area contributed by atoms with Crippen LogP contribution in [0, 0.1) is 35.5 Å². The van der Waals surface area contributed by atoms with Crippen molar-refractivity contribution in [2.24, 2.45) is 35.5 Å². The van der Waals surface area contributed by atoms with Gasteiger partial charge < -0.3 is 35.6 Å². The van der Waals surface area contributed by atoms with Crippen molar-refractivity contribution in [3.8, 4) is 0 Å². The smallest absolute Gasteiger partial charge is 0.329 e. The van der Waals surface area contributed by atoms with Crippen LogP contribution in [0.25, 0.3) is 0 Å². The van der Waals surface area contributed by atoms with E-state index >= 15 is 0 Å². The Labute approximate surface area is 355 Å². The number of rotatable bonds is 12. The third-order valence-corrected chi connectivity index (χ3v) is 11.5. The number of ether oxygens (including phenoxy) is 1. The van der Waals surface area contributed by atoms with Gasteiger partial charge in [0, 0.05) is 38.1 Å². The van der Waals surface area contributed by atoms with Crippen LogP contribution >= 0.6 is 0 Å². The van der Waals surface area contributed by atoms with Crippen molar-refractivity contribution in [1.29, 1.82) is 0 Å². The quantitative estimate of drug-likeness (QED) is 0.226. The summed E-state index contributed by atoms with van der Waals surface area (Å²) in [5.41, 5.74) is 0.717. The number of nitrogens with one attached hydrogen (secondary N) is 3. The van der Waals surface area contributed by atoms with E-state index in [9.17, 15) is 43.5 Å². The van der Waals surface area contributed by atoms with Crippen LogP contribution in [-0.2, 0) is 49.5 Å². The minimum atomic E-state index is -1.33. The molecule has 60 heavy (non-hydrogen) atoms. The Morgan fingerprint density at radius 3 is 2.02 bits per heavy atom. The molecule has 9 atom stereocenters. The normalized spacial score (nSPS) is 27.3. The largest absolute Gasteiger partial charge is 0.460 e. The number of aliphatic hydroxyl groups is 1. The number of Topliss-reactive ketones (excluding diaryl/α,β-unsaturated/α-hetero) is 2. The van der Waals surface area contributed by atoms with Crippen LogP contribution in [0.4, 0.5) is 0 Å². The number of aliphatic hydroxyl groups excluding tert-OH is 1. The lowest BCUT2D eigenvalue weighted by Gasteiger charge is -2.43. The Kier molecular flexibility index (Phi) is 18.4. The van der Waals surface area contributed by atoms with Crippen LogP contribution in [0.1, 0.15) is 113 Å². The molecular weight excluding hydrogens is 771 g/mol. The number of hydrogen-bond donors (Lipinski definition) is 4. The highest BCUT2D eigenvalue weighted by molar-refractivity contribution is 5.98. The molecule has 4 N–H and O–H groups in total. The summed E-state index contributed by atoms with van der Waals surface area (Å²) in [6, 6.07) is 3.29. The Bertz CT molecular complexity index is 1700. The first-order chi connectivity index (χ1) is 28.0. The first-order valence-electron chi connectivity index (χ1n) is 21.5. The fourth-order valence-electron chi connectivity index (χ4n) is 7.75. The second kappa shape index (κ2) is 22.3. The van der Waals surface area contributed by atoms with Gasteiger partial charge >= 0.3 is 5.97 Å². The lowest BCUT2D eigenvalue weighted by molar-refractivity contribution is -0.168. The van der Waals surface area contributed by atoms with Crippen molar-refractivity contribution in [3.63, 3.8) is 0 Å². The number of nitrogens with zero attached hydrogens (tertiary/aromatic N) is 2. The molecule has 0 spiro atoms. The SMILES string of the molecule is CC(C)C[C@@H]1NC(=O)[C@@H](CC(=O)[C@H](C)NC(=O)C(C)C)[C@@H](C)OC(=O)[C@H](C(C)C)NC(=O)[C@H](Cc2ccccc2)N(C)C(=O)[C@H](CC(C)C)N2C(=O)[C@H](CC[C@H]2O)CC1=O. The molecule has 15 nitrogen and oxygen atoms in total. The number of benzene rings is 1. The molecule has 3 rings (SSSR count). The Hall–Kier alpha value is -4.66. The first kappa shape index (κ1) is 49.7. The predicted molar refractivity (Wildman–Crippen MR) is 224 cm³/mol. The molecule has 0 unspecified atom stereocenters. The highest BCUT2D eigenvalue weighted by Gasteiger charge is 2.46. The third kappa shape index (κ3) is 13.4. The Morgan fingerprint density at radius 2 is 1.45 bits per heavy atom. The first-order valence-corrected chi connectivity index (χ1v) is 21.5. The van der Waals surface area contributed by atoms with Crippen LogP contribution in [0.2, 0.25) is 0 Å². The highest BCUT2D eigenvalue weighted by atomic mass is 16.5. The summed E-state index contributed by atoms with van der Waals surface area (Å²) in [6.45, 7) is 17.2. The monoisotopic (exact) mass is 840 g/mol. The lowest BCUT2D eigenvalue weighted by Crippen LogP contribution is -2.61. The summed E-state index contributed by atoms with van der Waals surface area (Å²) in [7, 11) is 1.46. The van der Waals surface area contributed by atoms with Gasteiger partial charge in [0.2, 0.25) is 29.5 Å². The topological polar surface area (TPSA) is 209 Å². The van der Waals surface area contributed by atoms with Gasteiger partial charge in [-0.3, -0.25) is 33.6 Å². The van der Waals surface area contributed by atoms with Crippen molar-refractivity contribution < 1.29 is 48.2 Å². The van der Waals surface area contributed by atoms with E-state index in [-0.39, 0.29) is 56.3 Å². The van der Waals surface area contributed by atoms with Crippen LogP contribution in [0.5, 0.6) is 0 Å². The van der Waals surface area contributed by atoms with E-state index in [1.54, 1.807) is 52.0 Å². The molecule has 2 fully saturated rings. The van der Waals surface area contributed by atoms with Gasteiger partial charge in [-0.1, -0.05) is 85.7 Å². The van der Waals surface area contributed by atoms with E-state index in [0.717, 1.165) is 4.90 Å². The van der Waals surface area contributed by atoms with Gasteiger partial charge in [-0.2, -0.15) is 0 Å². The number of esters is 1. The molecule has 2 bridgehead atoms. The summed E-state index contributed by atoms with van der Waals surface area (Å²) in [4.78, 5) is 115. The molecule has 1 aromatic rings. The second-order valence-electron chi connectivity index (χ2n) is 18.2. The van der Waals surface area contributed by atoms with Crippen molar-refractivity contribution in [3.05, 3.63) is 35.9 Å². The standard InChI is InChI=1S/C45H69N5O10/c1-24(2)19-33-37(52)22-31-17-18-38(53)50(43(31)57)35(20-25(3)4)44(58)49(11)34(21-30-15-13-12-14-16-30)42(56)48-39(26(5)6)45(59)60-29(10)32(41(55)47-33)23-36(51)28(9)46-40(54)27(7)8/h12-16,24-29,31-35,38-39,53H,17-23H2,1-11H3,(H,46,54)(H,47,55)(H,48,56)/t28-,29+,31+,32-,33-,34-,35-,38+,39-/m0/s1. The molecule has 334 valence electrons. The summed E-state index contributed by atoms with van der Waals surface area (Å²) in [5, 5.41) is 19.6. The zero-order valence-electron chi connectivity index (χ0n) is 37.4. The summed E-state index contributed by atoms with van der Waals surface area (Å²) < 4.78 is 5.91. The van der Waals surface area contributed by atoms with Gasteiger partial charge in [0.1, 0.15) is 30.5 Å². The number of hydrogen-bond acceptors (Lipinski definition) is 10. The molecular formula is C45H69N5O10. The van der Waals surface area contributed by atoms with Crippen LogP contribution in [0.15, 0.2) is 30.3 Å². The molecule has 1 aromatic carbocycles. The minimum Gasteiger partial charge on any atom is -0.460 e. The van der Waals surface area contributed by atoms with Gasteiger partial charge in [0.25, 0.3) is 0 Å². The van der Waals surface area contributed by atoms with E-state index in [4.69, 9.17) is 4.74 Å². The molecule has 5 amide bonds. The van der Waals surface area contributed by atoms with Crippen LogP contribution in [0.3, 0.4) is 0 Å². The Morgan fingerprint density at radius 1 is 0.833 bits per heavy atom. The fraction of sp³-hybridized carbons (Fsp3) is 0.689. The number of cyclic esters (lactones) is 1. The molecule has 2 saturated heterocycles. The maximum Gasteiger partial charge on any atom is 0.329 e. The van der Waals surface area contributed by atoms with E-state index in [1.165, 1.54) is 25.8 Å². The van der Waals surface area contributed by atoms with Gasteiger partial charge in [-0.05, 0) is 62.8 Å². The van der Waals surface area contributed by atoms with Crippen molar-refractivity contribution in [2.45, 2.75) is 157 Å². The number of fused-ring (bicyclic) bond motifs is 2. The fourth-order valence-corrected chi connectivity index (χ4v) is 7.75. The molecule has 15 heteroatoms. The zero-order chi connectivity index (χ0) is 45.2. The second-order valence-corrected chi connectivity index (χ2v) is 18.2. The van der Waals surface area contributed by atoms with Crippen molar-refractivity contribution in [2.75, 3.05) is 7.05 Å². The summed E-state index contributed by atoms with van der Waals surface area (Å²) in [6.07, 6.45) is -2.71. The van der Waals surface area contributed by atoms with Gasteiger partial charge in [0.05, 0.1) is 18.0 Å². The van der Waals surface area contributed by atoms with E-state index in [1.807, 2.05) is 33.8 Å². The Balaban J connectivity index is 2.20. The molecule has 0 aromatic heterocycles. The molecule has 0 radical (unpaired) electrons. The molecule has 0 saturated carbocycles. The number of amides is 5. The van der Waals surface area contributed by atoms with Crippen molar-refractivity contribution in [1.82, 2.24) is 25.8 Å². The average molecular weight is 840 g/mol. The zero-order valence-corrected chi connectivity index (χ0v) is 37.4. The molecule has 2 heterocycles. The van der Waals surface area contributed by atoms with E-state index < -0.39 is 114 Å². The lowest BCUT2D eigenvalue weighted by atomic mass is 9.85.